The maximum atomic E-state index is 11.7. The van der Waals surface area contributed by atoms with E-state index in [1.54, 1.807) is 12.3 Å². The Morgan fingerprint density at radius 2 is 2.21 bits per heavy atom. The molecule has 1 aliphatic carbocycles. The van der Waals surface area contributed by atoms with Crippen LogP contribution in [0.5, 0.6) is 0 Å². The summed E-state index contributed by atoms with van der Waals surface area (Å²) in [6.45, 7) is 2.46. The number of urea groups is 1. The maximum Gasteiger partial charge on any atom is 0.320 e. The summed E-state index contributed by atoms with van der Waals surface area (Å²) in [6, 6.07) is 3.40. The number of amides is 2. The monoisotopic (exact) mass is 263 g/mol. The zero-order chi connectivity index (χ0) is 13.7. The lowest BCUT2D eigenvalue weighted by molar-refractivity contribution is 0.0711. The number of anilines is 1. The van der Waals surface area contributed by atoms with Crippen molar-refractivity contribution in [1.29, 1.82) is 0 Å². The normalized spacial score (nSPS) is 22.8. The summed E-state index contributed by atoms with van der Waals surface area (Å²) < 4.78 is 0. The van der Waals surface area contributed by atoms with Gasteiger partial charge >= 0.3 is 6.03 Å². The van der Waals surface area contributed by atoms with Crippen LogP contribution in [0.1, 0.15) is 31.2 Å². The van der Waals surface area contributed by atoms with E-state index in [1.807, 2.05) is 13.0 Å². The predicted molar refractivity (Wildman–Crippen MR) is 74.0 cm³/mol. The molecule has 0 aliphatic heterocycles. The molecule has 0 spiro atoms. The van der Waals surface area contributed by atoms with Crippen molar-refractivity contribution < 1.29 is 9.90 Å². The molecule has 2 amide bonds. The van der Waals surface area contributed by atoms with Crippen LogP contribution >= 0.6 is 0 Å². The van der Waals surface area contributed by atoms with Gasteiger partial charge in [0.25, 0.3) is 0 Å². The van der Waals surface area contributed by atoms with Crippen molar-refractivity contribution in [3.8, 4) is 0 Å². The van der Waals surface area contributed by atoms with Crippen molar-refractivity contribution in [3.05, 3.63) is 23.9 Å². The van der Waals surface area contributed by atoms with Crippen LogP contribution in [-0.2, 0) is 0 Å². The fraction of sp³-hybridized carbons (Fsp3) is 0.571. The standard InChI is InChI=1S/C14H21N3O2/c1-10-6-7-13(15-8-10)17-14(19)16-9-11-4-2-3-5-12(11)18/h6-8,11-12,18H,2-5,9H2,1H3,(H2,15,16,17,19). The molecule has 2 atom stereocenters. The predicted octanol–water partition coefficient (Wildman–Crippen LogP) is 2.06. The molecule has 5 heteroatoms. The van der Waals surface area contributed by atoms with E-state index >= 15 is 0 Å². The van der Waals surface area contributed by atoms with Gasteiger partial charge in [-0.25, -0.2) is 9.78 Å². The van der Waals surface area contributed by atoms with E-state index in [-0.39, 0.29) is 18.1 Å². The molecule has 1 heterocycles. The molecule has 1 aromatic rings. The SMILES string of the molecule is Cc1ccc(NC(=O)NCC2CCCCC2O)nc1. The summed E-state index contributed by atoms with van der Waals surface area (Å²) in [6.07, 6.45) is 5.45. The molecule has 0 bridgehead atoms. The first-order valence-electron chi connectivity index (χ1n) is 6.81. The number of aryl methyl sites for hydroxylation is 1. The van der Waals surface area contributed by atoms with Crippen molar-refractivity contribution in [2.75, 3.05) is 11.9 Å². The lowest BCUT2D eigenvalue weighted by Crippen LogP contribution is -2.38. The molecule has 1 saturated carbocycles. The maximum absolute atomic E-state index is 11.7. The molecule has 2 unspecified atom stereocenters. The Morgan fingerprint density at radius 3 is 2.89 bits per heavy atom. The van der Waals surface area contributed by atoms with Crippen LogP contribution in [0.15, 0.2) is 18.3 Å². The summed E-state index contributed by atoms with van der Waals surface area (Å²) in [5.41, 5.74) is 1.05. The average Bonchev–Trinajstić information content (AvgIpc) is 2.40. The van der Waals surface area contributed by atoms with E-state index in [9.17, 15) is 9.90 Å². The van der Waals surface area contributed by atoms with Crippen LogP contribution < -0.4 is 10.6 Å². The smallest absolute Gasteiger partial charge is 0.320 e. The number of aliphatic hydroxyl groups excluding tert-OH is 1. The molecule has 1 aliphatic rings. The Bertz CT molecular complexity index is 419. The molecule has 2 rings (SSSR count). The van der Waals surface area contributed by atoms with Crippen molar-refractivity contribution in [3.63, 3.8) is 0 Å². The summed E-state index contributed by atoms with van der Waals surface area (Å²) in [5.74, 6) is 0.706. The highest BCUT2D eigenvalue weighted by Crippen LogP contribution is 2.23. The molecular formula is C14H21N3O2. The number of hydrogen-bond donors (Lipinski definition) is 3. The van der Waals surface area contributed by atoms with Crippen molar-refractivity contribution in [2.24, 2.45) is 5.92 Å². The van der Waals surface area contributed by atoms with Gasteiger partial charge in [0.15, 0.2) is 0 Å². The van der Waals surface area contributed by atoms with Gasteiger partial charge in [-0.1, -0.05) is 18.9 Å². The van der Waals surface area contributed by atoms with Gasteiger partial charge in [-0.15, -0.1) is 0 Å². The molecule has 1 fully saturated rings. The van der Waals surface area contributed by atoms with Crippen LogP contribution in [0.2, 0.25) is 0 Å². The van der Waals surface area contributed by atoms with Crippen LogP contribution in [0.4, 0.5) is 10.6 Å². The Labute approximate surface area is 113 Å². The second-order valence-corrected chi connectivity index (χ2v) is 5.17. The minimum atomic E-state index is -0.286. The fourth-order valence-electron chi connectivity index (χ4n) is 2.35. The lowest BCUT2D eigenvalue weighted by atomic mass is 9.86. The van der Waals surface area contributed by atoms with Gasteiger partial charge < -0.3 is 10.4 Å². The van der Waals surface area contributed by atoms with Gasteiger partial charge in [-0.2, -0.15) is 0 Å². The second-order valence-electron chi connectivity index (χ2n) is 5.17. The van der Waals surface area contributed by atoms with E-state index < -0.39 is 0 Å². The van der Waals surface area contributed by atoms with Gasteiger partial charge in [0.1, 0.15) is 5.82 Å². The third-order valence-corrected chi connectivity index (χ3v) is 3.55. The summed E-state index contributed by atoms with van der Waals surface area (Å²) in [4.78, 5) is 15.8. The highest BCUT2D eigenvalue weighted by Gasteiger charge is 2.23. The number of aromatic nitrogens is 1. The van der Waals surface area contributed by atoms with E-state index in [0.29, 0.717) is 12.4 Å². The first kappa shape index (κ1) is 13.8. The second kappa shape index (κ2) is 6.52. The fourth-order valence-corrected chi connectivity index (χ4v) is 2.35. The Hall–Kier alpha value is -1.62. The Morgan fingerprint density at radius 1 is 1.42 bits per heavy atom. The van der Waals surface area contributed by atoms with Crippen molar-refractivity contribution >= 4 is 11.8 Å². The topological polar surface area (TPSA) is 74.2 Å². The number of pyridine rings is 1. The average molecular weight is 263 g/mol. The number of nitrogens with one attached hydrogen (secondary N) is 2. The van der Waals surface area contributed by atoms with Gasteiger partial charge in [0.2, 0.25) is 0 Å². The first-order valence-corrected chi connectivity index (χ1v) is 6.81. The molecule has 104 valence electrons. The van der Waals surface area contributed by atoms with E-state index in [2.05, 4.69) is 15.6 Å². The van der Waals surface area contributed by atoms with Crippen LogP contribution in [-0.4, -0.2) is 28.8 Å². The van der Waals surface area contributed by atoms with Crippen molar-refractivity contribution in [1.82, 2.24) is 10.3 Å². The van der Waals surface area contributed by atoms with Crippen LogP contribution in [0.3, 0.4) is 0 Å². The van der Waals surface area contributed by atoms with E-state index in [0.717, 1.165) is 31.2 Å². The third-order valence-electron chi connectivity index (χ3n) is 3.55. The summed E-state index contributed by atoms with van der Waals surface area (Å²) >= 11 is 0. The number of carbonyl (C=O) groups is 1. The Balaban J connectivity index is 1.76. The van der Waals surface area contributed by atoms with E-state index in [1.165, 1.54) is 0 Å². The molecule has 0 saturated heterocycles. The van der Waals surface area contributed by atoms with Crippen LogP contribution in [0, 0.1) is 12.8 Å². The van der Waals surface area contributed by atoms with Crippen LogP contribution in [0.25, 0.3) is 0 Å². The zero-order valence-corrected chi connectivity index (χ0v) is 11.2. The number of rotatable bonds is 3. The molecule has 1 aromatic heterocycles. The van der Waals surface area contributed by atoms with Gasteiger partial charge in [-0.3, -0.25) is 5.32 Å². The number of carbonyl (C=O) groups excluding carboxylic acids is 1. The third kappa shape index (κ3) is 4.21. The largest absolute Gasteiger partial charge is 0.393 e. The van der Waals surface area contributed by atoms with E-state index in [4.69, 9.17) is 0 Å². The van der Waals surface area contributed by atoms with Gasteiger partial charge in [-0.05, 0) is 31.4 Å². The number of nitrogens with zero attached hydrogens (tertiary/aromatic N) is 1. The van der Waals surface area contributed by atoms with Gasteiger partial charge in [0, 0.05) is 18.7 Å². The summed E-state index contributed by atoms with van der Waals surface area (Å²) in [5, 5.41) is 15.3. The van der Waals surface area contributed by atoms with Crippen molar-refractivity contribution in [2.45, 2.75) is 38.7 Å². The molecule has 19 heavy (non-hydrogen) atoms. The summed E-state index contributed by atoms with van der Waals surface area (Å²) in [7, 11) is 0. The highest BCUT2D eigenvalue weighted by molar-refractivity contribution is 5.88. The number of hydrogen-bond acceptors (Lipinski definition) is 3. The first-order chi connectivity index (χ1) is 9.15. The number of aliphatic hydroxyl groups is 1. The molecule has 5 nitrogen and oxygen atoms in total. The van der Waals surface area contributed by atoms with Gasteiger partial charge in [0.05, 0.1) is 6.10 Å². The zero-order valence-electron chi connectivity index (χ0n) is 11.2. The highest BCUT2D eigenvalue weighted by atomic mass is 16.3. The molecule has 0 radical (unpaired) electrons. The lowest BCUT2D eigenvalue weighted by Gasteiger charge is -2.27. The molecule has 0 aromatic carbocycles. The molecule has 3 N–H and O–H groups in total. The Kier molecular flexibility index (Phi) is 4.74. The quantitative estimate of drug-likeness (QED) is 0.781. The molecular weight excluding hydrogens is 242 g/mol. The minimum absolute atomic E-state index is 0.172. The minimum Gasteiger partial charge on any atom is -0.393 e.